The van der Waals surface area contributed by atoms with Gasteiger partial charge in [-0.15, -0.1) is 0 Å². The molecule has 2 N–H and O–H groups in total. The van der Waals surface area contributed by atoms with Crippen molar-refractivity contribution in [2.24, 2.45) is 11.8 Å². The summed E-state index contributed by atoms with van der Waals surface area (Å²) in [5, 5.41) is 6.13. The average Bonchev–Trinajstić information content (AvgIpc) is 2.57. The first-order valence-corrected chi connectivity index (χ1v) is 9.58. The Hall–Kier alpha value is -1.36. The van der Waals surface area contributed by atoms with E-state index in [1.165, 1.54) is 0 Å². The van der Waals surface area contributed by atoms with Crippen molar-refractivity contribution in [2.75, 3.05) is 13.1 Å². The van der Waals surface area contributed by atoms with Gasteiger partial charge in [0.05, 0.1) is 0 Å². The van der Waals surface area contributed by atoms with E-state index >= 15 is 0 Å². The van der Waals surface area contributed by atoms with Gasteiger partial charge >= 0.3 is 6.03 Å². The van der Waals surface area contributed by atoms with E-state index in [4.69, 9.17) is 0 Å². The molecule has 3 amide bonds. The van der Waals surface area contributed by atoms with Crippen LogP contribution < -0.4 is 10.6 Å². The van der Waals surface area contributed by atoms with Crippen LogP contribution in [-0.2, 0) is 4.79 Å². The minimum atomic E-state index is -0.245. The molecule has 0 saturated carbocycles. The first kappa shape index (κ1) is 19.0. The zero-order chi connectivity index (χ0) is 17.5. The Labute approximate surface area is 146 Å². The smallest absolute Gasteiger partial charge is 0.307 e. The highest BCUT2D eigenvalue weighted by molar-refractivity contribution is 5.96. The summed E-state index contributed by atoms with van der Waals surface area (Å²) < 4.78 is 0. The Kier molecular flexibility index (Phi) is 7.28. The minimum Gasteiger partial charge on any atom is -0.307 e. The second-order valence-corrected chi connectivity index (χ2v) is 7.47. The zero-order valence-electron chi connectivity index (χ0n) is 15.4. The summed E-state index contributed by atoms with van der Waals surface area (Å²) in [6, 6.07) is 0.0195. The summed E-state index contributed by atoms with van der Waals surface area (Å²) in [4.78, 5) is 27.0. The van der Waals surface area contributed by atoms with E-state index in [0.29, 0.717) is 12.5 Å². The number of fused-ring (bicyclic) bond motifs is 1. The number of hydrogen-bond donors (Lipinski definition) is 2. The Morgan fingerprint density at radius 1 is 1.33 bits per heavy atom. The lowest BCUT2D eigenvalue weighted by Gasteiger charge is -2.38. The normalized spacial score (nSPS) is 21.9. The van der Waals surface area contributed by atoms with Gasteiger partial charge in [0.2, 0.25) is 5.91 Å². The van der Waals surface area contributed by atoms with Gasteiger partial charge in [-0.05, 0) is 38.0 Å². The maximum absolute atomic E-state index is 12.6. The predicted octanol–water partition coefficient (Wildman–Crippen LogP) is 3.42. The average molecular weight is 335 g/mol. The van der Waals surface area contributed by atoms with E-state index in [9.17, 15) is 9.59 Å². The monoisotopic (exact) mass is 335 g/mol. The van der Waals surface area contributed by atoms with Crippen LogP contribution in [0, 0.1) is 11.8 Å². The first-order chi connectivity index (χ1) is 11.5. The van der Waals surface area contributed by atoms with E-state index in [1.54, 1.807) is 4.90 Å². The summed E-state index contributed by atoms with van der Waals surface area (Å²) in [6.45, 7) is 7.84. The fraction of sp³-hybridized carbons (Fsp3) is 0.789. The van der Waals surface area contributed by atoms with E-state index in [1.807, 2.05) is 0 Å². The third-order valence-corrected chi connectivity index (χ3v) is 5.02. The van der Waals surface area contributed by atoms with Gasteiger partial charge in [0.15, 0.2) is 0 Å². The number of allylic oxidation sites excluding steroid dienone is 1. The number of piperazine rings is 1. The van der Waals surface area contributed by atoms with Gasteiger partial charge in [0.1, 0.15) is 0 Å². The molecule has 1 fully saturated rings. The SMILES string of the molecule is CCC[C@@H](CCC(C)C)C(=O)NC(=O)N1CCNC2CCCC=C21. The van der Waals surface area contributed by atoms with Crippen LogP contribution in [-0.4, -0.2) is 36.0 Å². The van der Waals surface area contributed by atoms with Gasteiger partial charge in [-0.2, -0.15) is 0 Å². The fourth-order valence-corrected chi connectivity index (χ4v) is 3.63. The third-order valence-electron chi connectivity index (χ3n) is 5.02. The number of imide groups is 1. The second kappa shape index (κ2) is 9.21. The topological polar surface area (TPSA) is 61.4 Å². The van der Waals surface area contributed by atoms with Gasteiger partial charge in [0, 0.05) is 30.7 Å². The largest absolute Gasteiger partial charge is 0.328 e. The van der Waals surface area contributed by atoms with Crippen LogP contribution >= 0.6 is 0 Å². The molecule has 2 aliphatic rings. The zero-order valence-corrected chi connectivity index (χ0v) is 15.4. The van der Waals surface area contributed by atoms with E-state index in [-0.39, 0.29) is 23.9 Å². The van der Waals surface area contributed by atoms with Gasteiger partial charge in [-0.25, -0.2) is 4.79 Å². The van der Waals surface area contributed by atoms with Crippen molar-refractivity contribution in [3.63, 3.8) is 0 Å². The van der Waals surface area contributed by atoms with Gasteiger partial charge in [-0.1, -0.05) is 39.7 Å². The molecule has 2 atom stereocenters. The number of rotatable bonds is 6. The highest BCUT2D eigenvalue weighted by Gasteiger charge is 2.31. The van der Waals surface area contributed by atoms with Crippen molar-refractivity contribution in [3.8, 4) is 0 Å². The summed E-state index contributed by atoms with van der Waals surface area (Å²) in [6.07, 6.45) is 9.07. The molecule has 0 aromatic heterocycles. The molecule has 5 nitrogen and oxygen atoms in total. The molecule has 1 unspecified atom stereocenters. The lowest BCUT2D eigenvalue weighted by atomic mass is 9.93. The van der Waals surface area contributed by atoms with Crippen molar-refractivity contribution in [1.29, 1.82) is 0 Å². The Morgan fingerprint density at radius 3 is 2.83 bits per heavy atom. The lowest BCUT2D eigenvalue weighted by Crippen LogP contribution is -2.55. The van der Waals surface area contributed by atoms with Gasteiger partial charge in [-0.3, -0.25) is 15.0 Å². The molecule has 0 aromatic rings. The molecule has 0 aromatic carbocycles. The van der Waals surface area contributed by atoms with Gasteiger partial charge in [0.25, 0.3) is 0 Å². The van der Waals surface area contributed by atoms with Crippen LogP contribution in [0.4, 0.5) is 4.79 Å². The van der Waals surface area contributed by atoms with Crippen molar-refractivity contribution in [2.45, 2.75) is 71.8 Å². The standard InChI is InChI=1S/C19H33N3O2/c1-4-7-15(11-10-14(2)3)18(23)21-19(24)22-13-12-20-16-8-5-6-9-17(16)22/h9,14-16,20H,4-8,10-13H2,1-3H3,(H,21,23,24)/t15-,16?/m0/s1. The Bertz CT molecular complexity index is 473. The summed E-state index contributed by atoms with van der Waals surface area (Å²) >= 11 is 0. The number of hydrogen-bond acceptors (Lipinski definition) is 3. The van der Waals surface area contributed by atoms with Gasteiger partial charge < -0.3 is 5.32 Å². The molecule has 24 heavy (non-hydrogen) atoms. The maximum Gasteiger partial charge on any atom is 0.328 e. The van der Waals surface area contributed by atoms with Crippen LogP contribution in [0.5, 0.6) is 0 Å². The van der Waals surface area contributed by atoms with Crippen molar-refractivity contribution >= 4 is 11.9 Å². The number of nitrogens with one attached hydrogen (secondary N) is 2. The first-order valence-electron chi connectivity index (χ1n) is 9.58. The number of amides is 3. The lowest BCUT2D eigenvalue weighted by molar-refractivity contribution is -0.124. The quantitative estimate of drug-likeness (QED) is 0.782. The number of carbonyl (C=O) groups is 2. The van der Waals surface area contributed by atoms with Crippen molar-refractivity contribution in [3.05, 3.63) is 11.8 Å². The molecule has 5 heteroatoms. The fourth-order valence-electron chi connectivity index (χ4n) is 3.63. The van der Waals surface area contributed by atoms with Crippen molar-refractivity contribution < 1.29 is 9.59 Å². The molecule has 0 bridgehead atoms. The molecule has 0 radical (unpaired) electrons. The number of nitrogens with zero attached hydrogens (tertiary/aromatic N) is 1. The van der Waals surface area contributed by atoms with E-state index in [0.717, 1.165) is 57.2 Å². The second-order valence-electron chi connectivity index (χ2n) is 7.47. The summed E-state index contributed by atoms with van der Waals surface area (Å²) in [5.74, 6) is 0.420. The van der Waals surface area contributed by atoms with Crippen LogP contribution in [0.2, 0.25) is 0 Å². The Morgan fingerprint density at radius 2 is 2.12 bits per heavy atom. The number of urea groups is 1. The molecule has 1 heterocycles. The predicted molar refractivity (Wildman–Crippen MR) is 96.4 cm³/mol. The minimum absolute atomic E-state index is 0.0552. The molecule has 1 saturated heterocycles. The summed E-state index contributed by atoms with van der Waals surface area (Å²) in [5.41, 5.74) is 1.05. The van der Waals surface area contributed by atoms with Crippen LogP contribution in [0.1, 0.15) is 65.7 Å². The van der Waals surface area contributed by atoms with Crippen LogP contribution in [0.25, 0.3) is 0 Å². The Balaban J connectivity index is 1.95. The molecular weight excluding hydrogens is 302 g/mol. The molecule has 136 valence electrons. The highest BCUT2D eigenvalue weighted by Crippen LogP contribution is 2.24. The van der Waals surface area contributed by atoms with Crippen LogP contribution in [0.15, 0.2) is 11.8 Å². The van der Waals surface area contributed by atoms with E-state index < -0.39 is 0 Å². The van der Waals surface area contributed by atoms with Crippen molar-refractivity contribution in [1.82, 2.24) is 15.5 Å². The number of carbonyl (C=O) groups excluding carboxylic acids is 2. The molecule has 1 aliphatic carbocycles. The molecule has 2 rings (SSSR count). The van der Waals surface area contributed by atoms with E-state index in [2.05, 4.69) is 37.5 Å². The molecular formula is C19H33N3O2. The maximum atomic E-state index is 12.6. The third kappa shape index (κ3) is 5.07. The highest BCUT2D eigenvalue weighted by atomic mass is 16.2. The van der Waals surface area contributed by atoms with Crippen LogP contribution in [0.3, 0.4) is 0 Å². The summed E-state index contributed by atoms with van der Waals surface area (Å²) in [7, 11) is 0. The molecule has 1 aliphatic heterocycles. The molecule has 0 spiro atoms.